The molecule has 0 aliphatic heterocycles. The van der Waals surface area contributed by atoms with Crippen LogP contribution in [-0.4, -0.2) is 47.2 Å². The van der Waals surface area contributed by atoms with E-state index in [1.807, 2.05) is 7.05 Å². The SMILES string of the molecule is CN(C(=O)c1ccc(NC(=O)NC2CCC(O)CC2)cc1Cl)C1CCCCC1. The van der Waals surface area contributed by atoms with Crippen molar-refractivity contribution in [2.45, 2.75) is 76.0 Å². The molecule has 0 aromatic heterocycles. The zero-order chi connectivity index (χ0) is 20.1. The molecule has 2 aliphatic rings. The van der Waals surface area contributed by atoms with Crippen LogP contribution in [-0.2, 0) is 0 Å². The highest BCUT2D eigenvalue weighted by atomic mass is 35.5. The molecule has 3 N–H and O–H groups in total. The summed E-state index contributed by atoms with van der Waals surface area (Å²) in [6.45, 7) is 0. The quantitative estimate of drug-likeness (QED) is 0.700. The lowest BCUT2D eigenvalue weighted by Crippen LogP contribution is -2.41. The van der Waals surface area contributed by atoms with E-state index in [2.05, 4.69) is 10.6 Å². The molecule has 2 saturated carbocycles. The van der Waals surface area contributed by atoms with Crippen LogP contribution >= 0.6 is 11.6 Å². The fraction of sp³-hybridized carbons (Fsp3) is 0.619. The first-order valence-corrected chi connectivity index (χ1v) is 10.6. The summed E-state index contributed by atoms with van der Waals surface area (Å²) in [7, 11) is 1.84. The van der Waals surface area contributed by atoms with Gasteiger partial charge in [0.2, 0.25) is 0 Å². The van der Waals surface area contributed by atoms with Gasteiger partial charge in [0.1, 0.15) is 0 Å². The van der Waals surface area contributed by atoms with E-state index < -0.39 is 0 Å². The first kappa shape index (κ1) is 20.9. The fourth-order valence-corrected chi connectivity index (χ4v) is 4.42. The number of hydrogen-bond acceptors (Lipinski definition) is 3. The Morgan fingerprint density at radius 3 is 2.39 bits per heavy atom. The Kier molecular flexibility index (Phi) is 7.18. The number of aliphatic hydroxyl groups is 1. The monoisotopic (exact) mass is 407 g/mol. The van der Waals surface area contributed by atoms with E-state index in [1.165, 1.54) is 6.42 Å². The molecule has 0 saturated heterocycles. The summed E-state index contributed by atoms with van der Waals surface area (Å²) in [6.07, 6.45) is 8.36. The van der Waals surface area contributed by atoms with E-state index in [4.69, 9.17) is 11.6 Å². The maximum atomic E-state index is 12.8. The first-order chi connectivity index (χ1) is 13.4. The number of aliphatic hydroxyl groups excluding tert-OH is 1. The van der Waals surface area contributed by atoms with Crippen LogP contribution in [0.2, 0.25) is 5.02 Å². The molecule has 0 atom stereocenters. The number of carbonyl (C=O) groups excluding carboxylic acids is 2. The predicted octanol–water partition coefficient (Wildman–Crippen LogP) is 4.17. The van der Waals surface area contributed by atoms with Gasteiger partial charge in [-0.1, -0.05) is 30.9 Å². The van der Waals surface area contributed by atoms with Crippen molar-refractivity contribution in [3.8, 4) is 0 Å². The third kappa shape index (κ3) is 5.39. The van der Waals surface area contributed by atoms with Gasteiger partial charge in [-0.05, 0) is 56.7 Å². The van der Waals surface area contributed by atoms with Crippen LogP contribution in [0.5, 0.6) is 0 Å². The average Bonchev–Trinajstić information content (AvgIpc) is 2.69. The molecule has 1 aromatic carbocycles. The number of nitrogens with zero attached hydrogens (tertiary/aromatic N) is 1. The number of hydrogen-bond donors (Lipinski definition) is 3. The lowest BCUT2D eigenvalue weighted by atomic mass is 9.93. The standard InChI is InChI=1S/C21H30ClN3O3/c1-25(16-5-3-2-4-6-16)20(27)18-12-9-15(13-19(18)22)24-21(28)23-14-7-10-17(26)11-8-14/h9,12-14,16-17,26H,2-8,10-11H2,1H3,(H2,23,24,28). The van der Waals surface area contributed by atoms with Gasteiger partial charge in [0.25, 0.3) is 5.91 Å². The lowest BCUT2D eigenvalue weighted by Gasteiger charge is -2.31. The topological polar surface area (TPSA) is 81.7 Å². The van der Waals surface area contributed by atoms with Crippen molar-refractivity contribution in [3.63, 3.8) is 0 Å². The van der Waals surface area contributed by atoms with Gasteiger partial charge in [0, 0.05) is 24.8 Å². The predicted molar refractivity (Wildman–Crippen MR) is 111 cm³/mol. The Morgan fingerprint density at radius 1 is 1.07 bits per heavy atom. The van der Waals surface area contributed by atoms with Gasteiger partial charge in [0.05, 0.1) is 16.7 Å². The smallest absolute Gasteiger partial charge is 0.319 e. The van der Waals surface area contributed by atoms with Crippen LogP contribution in [0.15, 0.2) is 18.2 Å². The summed E-state index contributed by atoms with van der Waals surface area (Å²) in [5.74, 6) is -0.0753. The van der Waals surface area contributed by atoms with Crippen LogP contribution < -0.4 is 10.6 Å². The Hall–Kier alpha value is -1.79. The molecule has 6 nitrogen and oxygen atoms in total. The first-order valence-electron chi connectivity index (χ1n) is 10.3. The van der Waals surface area contributed by atoms with E-state index in [0.717, 1.165) is 38.5 Å². The van der Waals surface area contributed by atoms with Crippen molar-refractivity contribution in [1.82, 2.24) is 10.2 Å². The molecule has 2 fully saturated rings. The van der Waals surface area contributed by atoms with Crippen LogP contribution in [0.4, 0.5) is 10.5 Å². The zero-order valence-electron chi connectivity index (χ0n) is 16.4. The minimum absolute atomic E-state index is 0.0730. The minimum Gasteiger partial charge on any atom is -0.393 e. The number of anilines is 1. The molecule has 2 aliphatic carbocycles. The summed E-state index contributed by atoms with van der Waals surface area (Å²) in [4.78, 5) is 26.8. The summed E-state index contributed by atoms with van der Waals surface area (Å²) < 4.78 is 0. The Bertz CT molecular complexity index is 698. The lowest BCUT2D eigenvalue weighted by molar-refractivity contribution is 0.0696. The third-order valence-corrected chi connectivity index (χ3v) is 6.24. The number of rotatable bonds is 4. The second kappa shape index (κ2) is 9.61. The van der Waals surface area contributed by atoms with Crippen molar-refractivity contribution >= 4 is 29.2 Å². The molecule has 0 radical (unpaired) electrons. The second-order valence-electron chi connectivity index (χ2n) is 8.01. The van der Waals surface area contributed by atoms with Crippen LogP contribution in [0, 0.1) is 0 Å². The van der Waals surface area contributed by atoms with Gasteiger partial charge in [0.15, 0.2) is 0 Å². The van der Waals surface area contributed by atoms with Crippen molar-refractivity contribution in [2.75, 3.05) is 12.4 Å². The van der Waals surface area contributed by atoms with Crippen LogP contribution in [0.1, 0.15) is 68.1 Å². The summed E-state index contributed by atoms with van der Waals surface area (Å²) in [5.41, 5.74) is 1.01. The number of carbonyl (C=O) groups is 2. The van der Waals surface area contributed by atoms with E-state index in [1.54, 1.807) is 23.1 Å². The van der Waals surface area contributed by atoms with Gasteiger partial charge in [-0.15, -0.1) is 0 Å². The number of amides is 3. The molecule has 7 heteroatoms. The van der Waals surface area contributed by atoms with Crippen molar-refractivity contribution < 1.29 is 14.7 Å². The summed E-state index contributed by atoms with van der Waals surface area (Å²) in [6, 6.07) is 5.05. The summed E-state index contributed by atoms with van der Waals surface area (Å²) >= 11 is 6.35. The van der Waals surface area contributed by atoms with E-state index >= 15 is 0 Å². The molecular weight excluding hydrogens is 378 g/mol. The molecule has 3 amide bonds. The molecule has 154 valence electrons. The maximum Gasteiger partial charge on any atom is 0.319 e. The molecule has 28 heavy (non-hydrogen) atoms. The number of halogens is 1. The minimum atomic E-state index is -0.296. The normalized spacial score (nSPS) is 23.1. The van der Waals surface area contributed by atoms with Gasteiger partial charge in [-0.25, -0.2) is 4.79 Å². The van der Waals surface area contributed by atoms with E-state index in [0.29, 0.717) is 29.1 Å². The molecule has 0 unspecified atom stereocenters. The third-order valence-electron chi connectivity index (χ3n) is 5.93. The maximum absolute atomic E-state index is 12.8. The highest BCUT2D eigenvalue weighted by Crippen LogP contribution is 2.27. The Balaban J connectivity index is 1.57. The van der Waals surface area contributed by atoms with Crippen molar-refractivity contribution in [3.05, 3.63) is 28.8 Å². The zero-order valence-corrected chi connectivity index (χ0v) is 17.2. The fourth-order valence-electron chi connectivity index (χ4n) is 4.16. The second-order valence-corrected chi connectivity index (χ2v) is 8.41. The number of benzene rings is 1. The Morgan fingerprint density at radius 2 is 1.75 bits per heavy atom. The van der Waals surface area contributed by atoms with E-state index in [-0.39, 0.29) is 30.1 Å². The van der Waals surface area contributed by atoms with E-state index in [9.17, 15) is 14.7 Å². The number of nitrogens with one attached hydrogen (secondary N) is 2. The molecular formula is C21H30ClN3O3. The van der Waals surface area contributed by atoms with Crippen LogP contribution in [0.25, 0.3) is 0 Å². The molecule has 0 bridgehead atoms. The Labute approximate surface area is 171 Å². The highest BCUT2D eigenvalue weighted by Gasteiger charge is 2.25. The van der Waals surface area contributed by atoms with Gasteiger partial charge in [-0.2, -0.15) is 0 Å². The highest BCUT2D eigenvalue weighted by molar-refractivity contribution is 6.34. The number of urea groups is 1. The van der Waals surface area contributed by atoms with Crippen LogP contribution in [0.3, 0.4) is 0 Å². The molecule has 3 rings (SSSR count). The molecule has 1 aromatic rings. The largest absolute Gasteiger partial charge is 0.393 e. The van der Waals surface area contributed by atoms with Gasteiger partial charge >= 0.3 is 6.03 Å². The molecule has 0 spiro atoms. The average molecular weight is 408 g/mol. The molecule has 0 heterocycles. The van der Waals surface area contributed by atoms with Gasteiger partial charge < -0.3 is 20.6 Å². The summed E-state index contributed by atoms with van der Waals surface area (Å²) in [5, 5.41) is 15.6. The van der Waals surface area contributed by atoms with Gasteiger partial charge in [-0.3, -0.25) is 4.79 Å². The van der Waals surface area contributed by atoms with Crippen molar-refractivity contribution in [1.29, 1.82) is 0 Å². The van der Waals surface area contributed by atoms with Crippen molar-refractivity contribution in [2.24, 2.45) is 0 Å².